The van der Waals surface area contributed by atoms with Gasteiger partial charge in [-0.15, -0.1) is 0 Å². The Labute approximate surface area is 293 Å². The molecule has 0 bridgehead atoms. The summed E-state index contributed by atoms with van der Waals surface area (Å²) in [7, 11) is 0. The fourth-order valence-corrected chi connectivity index (χ4v) is 8.33. The summed E-state index contributed by atoms with van der Waals surface area (Å²) in [6.07, 6.45) is 0. The van der Waals surface area contributed by atoms with Gasteiger partial charge < -0.3 is 13.6 Å². The molecule has 8 aromatic carbocycles. The number of benzene rings is 8. The molecular weight excluding hydrogens is 621 g/mol. The van der Waals surface area contributed by atoms with Gasteiger partial charge in [-0.1, -0.05) is 121 Å². The van der Waals surface area contributed by atoms with Crippen LogP contribution in [-0.2, 0) is 0 Å². The van der Waals surface area contributed by atoms with E-state index in [1.54, 1.807) is 0 Å². The quantitative estimate of drug-likeness (QED) is 0.186. The minimum absolute atomic E-state index is 0.899. The molecule has 0 amide bonds. The minimum atomic E-state index is 0.899. The Balaban J connectivity index is 1.25. The van der Waals surface area contributed by atoms with Crippen LogP contribution in [0.3, 0.4) is 0 Å². The van der Waals surface area contributed by atoms with Crippen molar-refractivity contribution in [3.05, 3.63) is 182 Å². The summed E-state index contributed by atoms with van der Waals surface area (Å²) in [5.41, 5.74) is 13.6. The number of hydrogen-bond donors (Lipinski definition) is 0. The number of aromatic nitrogens is 2. The molecule has 3 heteroatoms. The predicted molar refractivity (Wildman–Crippen MR) is 213 cm³/mol. The first-order valence-corrected chi connectivity index (χ1v) is 17.4. The molecule has 0 aliphatic carbocycles. The van der Waals surface area contributed by atoms with Crippen LogP contribution in [0, 0.1) is 0 Å². The number of hydrogen-bond acceptors (Lipinski definition) is 1. The van der Waals surface area contributed by atoms with Crippen LogP contribution in [-0.4, -0.2) is 9.13 Å². The zero-order chi connectivity index (χ0) is 33.5. The topological polar surface area (TPSA) is 23.0 Å². The van der Waals surface area contributed by atoms with Crippen molar-refractivity contribution >= 4 is 65.6 Å². The molecule has 0 saturated heterocycles. The smallest absolute Gasteiger partial charge is 0.135 e. The number of nitrogens with zero attached hydrogens (tertiary/aromatic N) is 2. The third-order valence-corrected chi connectivity index (χ3v) is 10.5. The highest BCUT2D eigenvalue weighted by Crippen LogP contribution is 2.45. The van der Waals surface area contributed by atoms with Crippen LogP contribution in [0.25, 0.3) is 99.2 Å². The van der Waals surface area contributed by atoms with Gasteiger partial charge in [0.05, 0.1) is 22.1 Å². The molecular formula is C48H30N2O. The van der Waals surface area contributed by atoms with Gasteiger partial charge in [-0.3, -0.25) is 0 Å². The van der Waals surface area contributed by atoms with E-state index in [1.165, 1.54) is 65.9 Å². The number of fused-ring (bicyclic) bond motifs is 9. The first kappa shape index (κ1) is 28.0. The Morgan fingerprint density at radius 1 is 0.333 bits per heavy atom. The Hall–Kier alpha value is -6.84. The molecule has 0 fully saturated rings. The number of rotatable bonds is 4. The molecule has 0 spiro atoms. The molecule has 11 aromatic rings. The normalized spacial score (nSPS) is 11.9. The van der Waals surface area contributed by atoms with Crippen LogP contribution in [0.1, 0.15) is 0 Å². The van der Waals surface area contributed by atoms with Crippen LogP contribution in [0.2, 0.25) is 0 Å². The molecule has 3 heterocycles. The highest BCUT2D eigenvalue weighted by atomic mass is 16.3. The van der Waals surface area contributed by atoms with E-state index in [9.17, 15) is 0 Å². The first-order valence-electron chi connectivity index (χ1n) is 17.4. The van der Waals surface area contributed by atoms with Gasteiger partial charge in [0, 0.05) is 43.7 Å². The molecule has 0 atom stereocenters. The molecule has 0 unspecified atom stereocenters. The minimum Gasteiger partial charge on any atom is -0.456 e. The molecule has 0 radical (unpaired) electrons. The lowest BCUT2D eigenvalue weighted by atomic mass is 9.90. The highest BCUT2D eigenvalue weighted by Gasteiger charge is 2.22. The van der Waals surface area contributed by atoms with Gasteiger partial charge in [0.2, 0.25) is 0 Å². The summed E-state index contributed by atoms with van der Waals surface area (Å²) in [6, 6.07) is 65.6. The van der Waals surface area contributed by atoms with Crippen molar-refractivity contribution in [3.63, 3.8) is 0 Å². The van der Waals surface area contributed by atoms with Gasteiger partial charge in [0.1, 0.15) is 11.2 Å². The lowest BCUT2D eigenvalue weighted by Gasteiger charge is -2.15. The highest BCUT2D eigenvalue weighted by molar-refractivity contribution is 6.20. The Bertz CT molecular complexity index is 3130. The molecule has 0 aliphatic heterocycles. The third kappa shape index (κ3) is 4.12. The van der Waals surface area contributed by atoms with E-state index >= 15 is 0 Å². The van der Waals surface area contributed by atoms with Gasteiger partial charge in [0.25, 0.3) is 0 Å². The Kier molecular flexibility index (Phi) is 5.96. The Morgan fingerprint density at radius 2 is 0.961 bits per heavy atom. The van der Waals surface area contributed by atoms with Crippen LogP contribution in [0.15, 0.2) is 186 Å². The van der Waals surface area contributed by atoms with Crippen LogP contribution >= 0.6 is 0 Å². The van der Waals surface area contributed by atoms with Crippen LogP contribution < -0.4 is 0 Å². The third-order valence-electron chi connectivity index (χ3n) is 10.5. The summed E-state index contributed by atoms with van der Waals surface area (Å²) in [4.78, 5) is 0. The Morgan fingerprint density at radius 3 is 1.78 bits per heavy atom. The van der Waals surface area contributed by atoms with Crippen molar-refractivity contribution in [2.45, 2.75) is 0 Å². The molecule has 51 heavy (non-hydrogen) atoms. The van der Waals surface area contributed by atoms with Crippen molar-refractivity contribution in [2.75, 3.05) is 0 Å². The van der Waals surface area contributed by atoms with Crippen molar-refractivity contribution in [1.82, 2.24) is 9.13 Å². The van der Waals surface area contributed by atoms with E-state index in [0.717, 1.165) is 33.3 Å². The van der Waals surface area contributed by atoms with E-state index < -0.39 is 0 Å². The zero-order valence-corrected chi connectivity index (χ0v) is 27.6. The van der Waals surface area contributed by atoms with E-state index in [0.29, 0.717) is 0 Å². The summed E-state index contributed by atoms with van der Waals surface area (Å²) in [5.74, 6) is 0. The van der Waals surface area contributed by atoms with Crippen molar-refractivity contribution in [3.8, 4) is 33.6 Å². The monoisotopic (exact) mass is 650 g/mol. The van der Waals surface area contributed by atoms with E-state index in [-0.39, 0.29) is 0 Å². The van der Waals surface area contributed by atoms with Crippen molar-refractivity contribution in [1.29, 1.82) is 0 Å². The van der Waals surface area contributed by atoms with Gasteiger partial charge in [-0.25, -0.2) is 0 Å². The predicted octanol–water partition coefficient (Wildman–Crippen LogP) is 13.1. The van der Waals surface area contributed by atoms with Gasteiger partial charge in [-0.05, 0) is 82.9 Å². The lowest BCUT2D eigenvalue weighted by molar-refractivity contribution is 0.669. The lowest BCUT2D eigenvalue weighted by Crippen LogP contribution is -1.95. The van der Waals surface area contributed by atoms with E-state index in [4.69, 9.17) is 4.42 Å². The second-order valence-electron chi connectivity index (χ2n) is 13.3. The van der Waals surface area contributed by atoms with E-state index in [2.05, 4.69) is 179 Å². The number of para-hydroxylation sites is 4. The summed E-state index contributed by atoms with van der Waals surface area (Å²) >= 11 is 0. The fourth-order valence-electron chi connectivity index (χ4n) is 8.33. The maximum atomic E-state index is 6.23. The van der Waals surface area contributed by atoms with Gasteiger partial charge in [-0.2, -0.15) is 0 Å². The summed E-state index contributed by atoms with van der Waals surface area (Å²) < 4.78 is 11.1. The second-order valence-corrected chi connectivity index (χ2v) is 13.3. The SMILES string of the molecule is c1ccc(-c2ccc3c(c2-c2ccc4c5ccccc5n(-c5ccc6oc7ccccc7c6c5)c4c2)c2ccccc2n3-c2ccccc2)cc1. The molecule has 238 valence electrons. The van der Waals surface area contributed by atoms with Crippen molar-refractivity contribution < 1.29 is 4.42 Å². The average molecular weight is 651 g/mol. The standard InChI is InChI=1S/C48H30N2O/c1-3-13-31(14-4-1)35-26-27-43-48(39-19-8-11-21-42(39)49(43)33-15-5-2-6-16-33)47(35)32-23-25-37-36-17-7-10-20-41(36)50(44(37)29-32)34-24-28-46-40(30-34)38-18-9-12-22-45(38)51-46/h1-30H. The van der Waals surface area contributed by atoms with Crippen molar-refractivity contribution in [2.24, 2.45) is 0 Å². The maximum Gasteiger partial charge on any atom is 0.135 e. The number of furan rings is 1. The molecule has 3 nitrogen and oxygen atoms in total. The second kappa shape index (κ2) is 10.8. The average Bonchev–Trinajstić information content (AvgIpc) is 3.85. The zero-order valence-electron chi connectivity index (χ0n) is 27.6. The molecule has 11 rings (SSSR count). The van der Waals surface area contributed by atoms with Crippen LogP contribution in [0.4, 0.5) is 0 Å². The molecule has 0 saturated carbocycles. The van der Waals surface area contributed by atoms with Gasteiger partial charge in [0.15, 0.2) is 0 Å². The fraction of sp³-hybridized carbons (Fsp3) is 0. The molecule has 3 aromatic heterocycles. The summed E-state index contributed by atoms with van der Waals surface area (Å²) in [6.45, 7) is 0. The first-order chi connectivity index (χ1) is 25.3. The molecule has 0 N–H and O–H groups in total. The van der Waals surface area contributed by atoms with E-state index in [1.807, 2.05) is 12.1 Å². The maximum absolute atomic E-state index is 6.23. The molecule has 0 aliphatic rings. The summed E-state index contributed by atoms with van der Waals surface area (Å²) in [5, 5.41) is 7.20. The van der Waals surface area contributed by atoms with Gasteiger partial charge >= 0.3 is 0 Å². The largest absolute Gasteiger partial charge is 0.456 e. The van der Waals surface area contributed by atoms with Crippen LogP contribution in [0.5, 0.6) is 0 Å².